The molecule has 0 radical (unpaired) electrons. The van der Waals surface area contributed by atoms with Gasteiger partial charge in [-0.05, 0) is 63.5 Å². The molecule has 3 rings (SSSR count). The maximum Gasteiger partial charge on any atom is 0.410 e. The summed E-state index contributed by atoms with van der Waals surface area (Å²) in [6.45, 7) is 8.29. The van der Waals surface area contributed by atoms with Crippen molar-refractivity contribution in [2.45, 2.75) is 71.1 Å². The Morgan fingerprint density at radius 3 is 2.62 bits per heavy atom. The van der Waals surface area contributed by atoms with E-state index in [1.54, 1.807) is 12.4 Å². The largest absolute Gasteiger partial charge is 0.444 e. The molecular weight excluding hydrogens is 370 g/mol. The summed E-state index contributed by atoms with van der Waals surface area (Å²) in [6.07, 6.45) is 8.72. The number of carbonyl (C=O) groups excluding carboxylic acids is 1. The summed E-state index contributed by atoms with van der Waals surface area (Å²) < 4.78 is 5.71. The van der Waals surface area contributed by atoms with Crippen LogP contribution in [0.15, 0.2) is 17.5 Å². The van der Waals surface area contributed by atoms with Crippen molar-refractivity contribution in [1.29, 1.82) is 0 Å². The van der Waals surface area contributed by atoms with Gasteiger partial charge in [0.1, 0.15) is 5.60 Å². The zero-order valence-corrected chi connectivity index (χ0v) is 17.6. The Morgan fingerprint density at radius 1 is 1.31 bits per heavy atom. The van der Waals surface area contributed by atoms with E-state index in [0.717, 1.165) is 31.5 Å². The third-order valence-corrected chi connectivity index (χ3v) is 5.44. The molecule has 1 saturated heterocycles. The van der Waals surface area contributed by atoms with E-state index in [1.165, 1.54) is 19.3 Å². The van der Waals surface area contributed by atoms with Gasteiger partial charge in [-0.15, -0.1) is 0 Å². The van der Waals surface area contributed by atoms with Crippen molar-refractivity contribution in [1.82, 2.24) is 14.9 Å². The highest BCUT2D eigenvalue weighted by atomic mass is 16.6. The fourth-order valence-corrected chi connectivity index (χ4v) is 3.74. The molecular formula is C20H31N7O2. The van der Waals surface area contributed by atoms with Gasteiger partial charge >= 0.3 is 6.09 Å². The third-order valence-electron chi connectivity index (χ3n) is 5.44. The lowest BCUT2D eigenvalue weighted by molar-refractivity contribution is 0.00731. The summed E-state index contributed by atoms with van der Waals surface area (Å²) in [5.74, 6) is 1.22. The SMILES string of the molecule is CC(C)(C)OC(=O)N(CC1CCC1)C1CCCN(c2ncc(CN=[N+]=[N-])cn2)C1. The molecule has 0 N–H and O–H groups in total. The molecule has 1 aromatic rings. The lowest BCUT2D eigenvalue weighted by atomic mass is 9.84. The number of ether oxygens (including phenoxy) is 1. The van der Waals surface area contributed by atoms with E-state index in [0.29, 0.717) is 18.4 Å². The fraction of sp³-hybridized carbons (Fsp3) is 0.750. The van der Waals surface area contributed by atoms with E-state index in [1.807, 2.05) is 25.7 Å². The Kier molecular flexibility index (Phi) is 6.79. The maximum atomic E-state index is 12.9. The number of hydrogen-bond acceptors (Lipinski definition) is 6. The number of amides is 1. The number of hydrogen-bond donors (Lipinski definition) is 0. The Bertz CT molecular complexity index is 736. The molecule has 158 valence electrons. The van der Waals surface area contributed by atoms with Crippen molar-refractivity contribution in [2.24, 2.45) is 11.0 Å². The van der Waals surface area contributed by atoms with Crippen molar-refractivity contribution >= 4 is 12.0 Å². The van der Waals surface area contributed by atoms with E-state index in [2.05, 4.69) is 24.9 Å². The van der Waals surface area contributed by atoms with Crippen LogP contribution in [-0.2, 0) is 11.3 Å². The molecule has 9 heteroatoms. The minimum absolute atomic E-state index is 0.0886. The molecule has 1 aliphatic heterocycles. The zero-order chi connectivity index (χ0) is 20.9. The molecule has 1 aromatic heterocycles. The van der Waals surface area contributed by atoms with Gasteiger partial charge in [0.2, 0.25) is 5.95 Å². The average molecular weight is 402 g/mol. The fourth-order valence-electron chi connectivity index (χ4n) is 3.74. The smallest absolute Gasteiger partial charge is 0.410 e. The molecule has 1 aliphatic carbocycles. The molecule has 9 nitrogen and oxygen atoms in total. The van der Waals surface area contributed by atoms with Gasteiger partial charge in [0, 0.05) is 36.9 Å². The lowest BCUT2D eigenvalue weighted by Gasteiger charge is -2.42. The second-order valence-electron chi connectivity index (χ2n) is 8.95. The molecule has 29 heavy (non-hydrogen) atoms. The van der Waals surface area contributed by atoms with Crippen LogP contribution in [0.2, 0.25) is 0 Å². The second-order valence-corrected chi connectivity index (χ2v) is 8.95. The standard InChI is InChI=1S/C20H31N7O2/c1-20(2,3)29-19(28)27(13-15-6-4-7-15)17-8-5-9-26(14-17)18-22-10-16(11-23-18)12-24-25-21/h10-11,15,17H,4-9,12-14H2,1-3H3. The normalized spacial score (nSPS) is 19.8. The van der Waals surface area contributed by atoms with Crippen LogP contribution in [0.3, 0.4) is 0 Å². The minimum atomic E-state index is -0.506. The molecule has 0 spiro atoms. The van der Waals surface area contributed by atoms with Gasteiger partial charge in [0.15, 0.2) is 0 Å². The lowest BCUT2D eigenvalue weighted by Crippen LogP contribution is -2.53. The quantitative estimate of drug-likeness (QED) is 0.401. The summed E-state index contributed by atoms with van der Waals surface area (Å²) in [5, 5.41) is 3.54. The monoisotopic (exact) mass is 401 g/mol. The van der Waals surface area contributed by atoms with E-state index >= 15 is 0 Å². The summed E-state index contributed by atoms with van der Waals surface area (Å²) in [4.78, 5) is 28.6. The number of rotatable bonds is 6. The number of anilines is 1. The molecule has 0 bridgehead atoms. The summed E-state index contributed by atoms with van der Waals surface area (Å²) in [7, 11) is 0. The van der Waals surface area contributed by atoms with Crippen LogP contribution < -0.4 is 4.90 Å². The number of aromatic nitrogens is 2. The van der Waals surface area contributed by atoms with Crippen molar-refractivity contribution in [3.05, 3.63) is 28.4 Å². The van der Waals surface area contributed by atoms with Gasteiger partial charge in [-0.2, -0.15) is 0 Å². The first-order valence-electron chi connectivity index (χ1n) is 10.4. The van der Waals surface area contributed by atoms with Gasteiger partial charge < -0.3 is 14.5 Å². The second kappa shape index (κ2) is 9.31. The Hall–Kier alpha value is -2.54. The Balaban J connectivity index is 1.69. The van der Waals surface area contributed by atoms with Crippen molar-refractivity contribution in [3.63, 3.8) is 0 Å². The van der Waals surface area contributed by atoms with E-state index in [4.69, 9.17) is 10.3 Å². The summed E-state index contributed by atoms with van der Waals surface area (Å²) >= 11 is 0. The highest BCUT2D eigenvalue weighted by Gasteiger charge is 2.34. The maximum absolute atomic E-state index is 12.9. The molecule has 2 heterocycles. The average Bonchev–Trinajstić information content (AvgIpc) is 2.64. The molecule has 1 atom stereocenters. The van der Waals surface area contributed by atoms with Crippen LogP contribution in [0.25, 0.3) is 10.4 Å². The Labute approximate surface area is 172 Å². The summed E-state index contributed by atoms with van der Waals surface area (Å²) in [6, 6.07) is 0.0886. The van der Waals surface area contributed by atoms with Crippen LogP contribution in [0.5, 0.6) is 0 Å². The van der Waals surface area contributed by atoms with Gasteiger partial charge in [-0.3, -0.25) is 0 Å². The molecule has 2 aliphatic rings. The van der Waals surface area contributed by atoms with Crippen LogP contribution in [0.4, 0.5) is 10.7 Å². The highest BCUT2D eigenvalue weighted by Crippen LogP contribution is 2.30. The minimum Gasteiger partial charge on any atom is -0.444 e. The summed E-state index contributed by atoms with van der Waals surface area (Å²) in [5.41, 5.74) is 8.71. The number of azide groups is 1. The molecule has 0 aromatic carbocycles. The first-order chi connectivity index (χ1) is 13.9. The van der Waals surface area contributed by atoms with Gasteiger partial charge in [-0.1, -0.05) is 11.5 Å². The number of carbonyl (C=O) groups is 1. The van der Waals surface area contributed by atoms with Crippen molar-refractivity contribution < 1.29 is 9.53 Å². The van der Waals surface area contributed by atoms with E-state index in [-0.39, 0.29) is 18.7 Å². The molecule has 1 unspecified atom stereocenters. The molecule has 1 amide bonds. The predicted octanol–water partition coefficient (Wildman–Crippen LogP) is 4.29. The van der Waals surface area contributed by atoms with Crippen LogP contribution in [0, 0.1) is 5.92 Å². The first-order valence-corrected chi connectivity index (χ1v) is 10.4. The predicted molar refractivity (Wildman–Crippen MR) is 110 cm³/mol. The highest BCUT2D eigenvalue weighted by molar-refractivity contribution is 5.68. The number of piperidine rings is 1. The van der Waals surface area contributed by atoms with Gasteiger partial charge in [-0.25, -0.2) is 14.8 Å². The van der Waals surface area contributed by atoms with Crippen LogP contribution in [-0.4, -0.2) is 52.2 Å². The zero-order valence-electron chi connectivity index (χ0n) is 17.6. The molecule has 2 fully saturated rings. The topological polar surface area (TPSA) is 107 Å². The van der Waals surface area contributed by atoms with Crippen LogP contribution in [0.1, 0.15) is 58.4 Å². The van der Waals surface area contributed by atoms with Gasteiger partial charge in [0.05, 0.1) is 12.6 Å². The third kappa shape index (κ3) is 5.97. The van der Waals surface area contributed by atoms with Crippen molar-refractivity contribution in [3.8, 4) is 0 Å². The van der Waals surface area contributed by atoms with Crippen LogP contribution >= 0.6 is 0 Å². The van der Waals surface area contributed by atoms with Gasteiger partial charge in [0.25, 0.3) is 0 Å². The first kappa shape index (κ1) is 21.2. The molecule has 1 saturated carbocycles. The van der Waals surface area contributed by atoms with E-state index < -0.39 is 5.60 Å². The number of nitrogens with zero attached hydrogens (tertiary/aromatic N) is 7. The van der Waals surface area contributed by atoms with Crippen molar-refractivity contribution in [2.75, 3.05) is 24.5 Å². The Morgan fingerprint density at radius 2 is 2.03 bits per heavy atom. The van der Waals surface area contributed by atoms with E-state index in [9.17, 15) is 4.79 Å².